The first-order valence-corrected chi connectivity index (χ1v) is 4.92. The van der Waals surface area contributed by atoms with Crippen LogP contribution in [0.5, 0.6) is 5.88 Å². The van der Waals surface area contributed by atoms with Gasteiger partial charge in [-0.25, -0.2) is 4.68 Å². The minimum atomic E-state index is 0.459. The molecule has 0 amide bonds. The summed E-state index contributed by atoms with van der Waals surface area (Å²) in [4.78, 5) is 0. The van der Waals surface area contributed by atoms with Crippen LogP contribution in [0.15, 0.2) is 0 Å². The molecule has 0 spiro atoms. The molecule has 0 unspecified atom stereocenters. The van der Waals surface area contributed by atoms with Crippen LogP contribution in [0.4, 0.5) is 0 Å². The molecule has 4 heteroatoms. The Kier molecular flexibility index (Phi) is 2.98. The normalized spacial score (nSPS) is 10.8. The molecule has 0 fully saturated rings. The lowest BCUT2D eigenvalue weighted by atomic mass is 10.1. The lowest BCUT2D eigenvalue weighted by molar-refractivity contribution is 0.367. The van der Waals surface area contributed by atoms with Crippen LogP contribution >= 0.6 is 22.6 Å². The average Bonchev–Trinajstić information content (AvgIpc) is 2.24. The fraction of sp³-hybridized carbons (Fsp3) is 0.625. The van der Waals surface area contributed by atoms with E-state index in [1.54, 1.807) is 11.8 Å². The molecule has 68 valence electrons. The fourth-order valence-electron chi connectivity index (χ4n) is 1.22. The van der Waals surface area contributed by atoms with E-state index in [0.717, 1.165) is 9.58 Å². The molecular weight excluding hydrogens is 267 g/mol. The number of hydrogen-bond donors (Lipinski definition) is 0. The standard InChI is InChI=1S/C8H13IN2O/c1-5(2)6-7(9)10-11(3)8(6)12-4/h5H,1-4H3. The number of methoxy groups -OCH3 is 1. The van der Waals surface area contributed by atoms with Crippen LogP contribution in [0.1, 0.15) is 25.3 Å². The van der Waals surface area contributed by atoms with Crippen LogP contribution in [-0.2, 0) is 7.05 Å². The van der Waals surface area contributed by atoms with Gasteiger partial charge in [-0.3, -0.25) is 0 Å². The maximum atomic E-state index is 5.25. The second kappa shape index (κ2) is 3.64. The van der Waals surface area contributed by atoms with Crippen molar-refractivity contribution in [3.63, 3.8) is 0 Å². The first-order valence-electron chi connectivity index (χ1n) is 3.84. The fourth-order valence-corrected chi connectivity index (χ4v) is 2.40. The van der Waals surface area contributed by atoms with E-state index < -0.39 is 0 Å². The summed E-state index contributed by atoms with van der Waals surface area (Å²) in [6.07, 6.45) is 0. The van der Waals surface area contributed by atoms with Crippen LogP contribution in [0.3, 0.4) is 0 Å². The molecule has 0 bridgehead atoms. The summed E-state index contributed by atoms with van der Waals surface area (Å²) in [7, 11) is 3.58. The summed E-state index contributed by atoms with van der Waals surface area (Å²) < 4.78 is 8.06. The van der Waals surface area contributed by atoms with Crippen molar-refractivity contribution in [3.8, 4) is 5.88 Å². The molecule has 0 atom stereocenters. The highest BCUT2D eigenvalue weighted by atomic mass is 127. The Morgan fingerprint density at radius 2 is 2.08 bits per heavy atom. The molecule has 0 aliphatic carbocycles. The smallest absolute Gasteiger partial charge is 0.215 e. The summed E-state index contributed by atoms with van der Waals surface area (Å²) in [6, 6.07) is 0. The maximum absolute atomic E-state index is 5.25. The van der Waals surface area contributed by atoms with Gasteiger partial charge in [-0.2, -0.15) is 5.10 Å². The Morgan fingerprint density at radius 3 is 2.42 bits per heavy atom. The predicted octanol–water partition coefficient (Wildman–Crippen LogP) is 2.16. The zero-order valence-corrected chi connectivity index (χ0v) is 9.92. The van der Waals surface area contributed by atoms with E-state index in [2.05, 4.69) is 41.5 Å². The van der Waals surface area contributed by atoms with Gasteiger partial charge in [-0.15, -0.1) is 0 Å². The van der Waals surface area contributed by atoms with E-state index in [1.165, 1.54) is 5.56 Å². The van der Waals surface area contributed by atoms with Gasteiger partial charge < -0.3 is 4.74 Å². The van der Waals surface area contributed by atoms with E-state index in [9.17, 15) is 0 Å². The van der Waals surface area contributed by atoms with Crippen LogP contribution in [0.2, 0.25) is 0 Å². The molecule has 1 aromatic rings. The largest absolute Gasteiger partial charge is 0.481 e. The number of aromatic nitrogens is 2. The van der Waals surface area contributed by atoms with Crippen LogP contribution in [0, 0.1) is 3.70 Å². The van der Waals surface area contributed by atoms with Crippen LogP contribution in [-0.4, -0.2) is 16.9 Å². The second-order valence-electron chi connectivity index (χ2n) is 2.99. The van der Waals surface area contributed by atoms with Gasteiger partial charge in [-0.1, -0.05) is 13.8 Å². The molecule has 0 N–H and O–H groups in total. The number of ether oxygens (including phenoxy) is 1. The zero-order valence-electron chi connectivity index (χ0n) is 7.76. The summed E-state index contributed by atoms with van der Waals surface area (Å²) in [5.74, 6) is 1.33. The van der Waals surface area contributed by atoms with Gasteiger partial charge in [0.25, 0.3) is 0 Å². The second-order valence-corrected chi connectivity index (χ2v) is 4.01. The maximum Gasteiger partial charge on any atom is 0.215 e. The molecule has 0 saturated carbocycles. The molecule has 0 radical (unpaired) electrons. The summed E-state index contributed by atoms with van der Waals surface area (Å²) in [5, 5.41) is 4.28. The molecule has 3 nitrogen and oxygen atoms in total. The minimum absolute atomic E-state index is 0.459. The lowest BCUT2D eigenvalue weighted by Gasteiger charge is -2.06. The van der Waals surface area contributed by atoms with E-state index >= 15 is 0 Å². The molecular formula is C8H13IN2O. The highest BCUT2D eigenvalue weighted by Gasteiger charge is 2.17. The minimum Gasteiger partial charge on any atom is -0.481 e. The van der Waals surface area contributed by atoms with Gasteiger partial charge in [0, 0.05) is 7.05 Å². The first kappa shape index (κ1) is 9.83. The Hall–Kier alpha value is -0.260. The Balaban J connectivity index is 3.23. The monoisotopic (exact) mass is 280 g/mol. The molecule has 0 saturated heterocycles. The number of hydrogen-bond acceptors (Lipinski definition) is 2. The van der Waals surface area contributed by atoms with Crippen molar-refractivity contribution >= 4 is 22.6 Å². The molecule has 12 heavy (non-hydrogen) atoms. The molecule has 0 aliphatic heterocycles. The van der Waals surface area contributed by atoms with Crippen LogP contribution in [0.25, 0.3) is 0 Å². The molecule has 1 aromatic heterocycles. The van der Waals surface area contributed by atoms with Crippen molar-refractivity contribution in [3.05, 3.63) is 9.26 Å². The third-order valence-corrected chi connectivity index (χ3v) is 2.55. The van der Waals surface area contributed by atoms with Crippen molar-refractivity contribution in [2.45, 2.75) is 19.8 Å². The van der Waals surface area contributed by atoms with Crippen molar-refractivity contribution in [1.29, 1.82) is 0 Å². The summed E-state index contributed by atoms with van der Waals surface area (Å²) in [5.41, 5.74) is 1.20. The van der Waals surface area contributed by atoms with E-state index in [4.69, 9.17) is 4.74 Å². The SMILES string of the molecule is COc1c(C(C)C)c(I)nn1C. The van der Waals surface area contributed by atoms with E-state index in [1.807, 2.05) is 7.05 Å². The van der Waals surface area contributed by atoms with Gasteiger partial charge in [0.05, 0.1) is 12.7 Å². The zero-order chi connectivity index (χ0) is 9.30. The Morgan fingerprint density at radius 1 is 1.50 bits per heavy atom. The van der Waals surface area contributed by atoms with Gasteiger partial charge in [0.1, 0.15) is 3.70 Å². The lowest BCUT2D eigenvalue weighted by Crippen LogP contribution is -1.97. The molecule has 0 aromatic carbocycles. The topological polar surface area (TPSA) is 27.1 Å². The number of nitrogens with zero attached hydrogens (tertiary/aromatic N) is 2. The Bertz CT molecular complexity index is 281. The van der Waals surface area contributed by atoms with Gasteiger partial charge in [-0.05, 0) is 28.5 Å². The predicted molar refractivity (Wildman–Crippen MR) is 56.6 cm³/mol. The van der Waals surface area contributed by atoms with Gasteiger partial charge >= 0.3 is 0 Å². The van der Waals surface area contributed by atoms with Crippen LogP contribution < -0.4 is 4.74 Å². The molecule has 0 aliphatic rings. The quantitative estimate of drug-likeness (QED) is 0.776. The highest BCUT2D eigenvalue weighted by Crippen LogP contribution is 2.29. The summed E-state index contributed by atoms with van der Waals surface area (Å²) in [6.45, 7) is 4.28. The van der Waals surface area contributed by atoms with E-state index in [0.29, 0.717) is 5.92 Å². The van der Waals surface area contributed by atoms with Gasteiger partial charge in [0.15, 0.2) is 0 Å². The Labute approximate surface area is 86.2 Å². The third-order valence-electron chi connectivity index (χ3n) is 1.76. The average molecular weight is 280 g/mol. The molecule has 1 heterocycles. The van der Waals surface area contributed by atoms with Crippen molar-refractivity contribution in [2.24, 2.45) is 7.05 Å². The number of halogens is 1. The van der Waals surface area contributed by atoms with Gasteiger partial charge in [0.2, 0.25) is 5.88 Å². The molecule has 1 rings (SSSR count). The van der Waals surface area contributed by atoms with Crippen molar-refractivity contribution < 1.29 is 4.74 Å². The number of rotatable bonds is 2. The highest BCUT2D eigenvalue weighted by molar-refractivity contribution is 14.1. The van der Waals surface area contributed by atoms with Crippen molar-refractivity contribution in [1.82, 2.24) is 9.78 Å². The third kappa shape index (κ3) is 1.57. The first-order chi connectivity index (χ1) is 5.57. The van der Waals surface area contributed by atoms with Crippen molar-refractivity contribution in [2.75, 3.05) is 7.11 Å². The summed E-state index contributed by atoms with van der Waals surface area (Å²) >= 11 is 2.23. The number of aryl methyl sites for hydroxylation is 1. The van der Waals surface area contributed by atoms with E-state index in [-0.39, 0.29) is 0 Å².